The van der Waals surface area contributed by atoms with Crippen LogP contribution >= 0.6 is 0 Å². The van der Waals surface area contributed by atoms with Crippen molar-refractivity contribution < 1.29 is 17.2 Å². The van der Waals surface area contributed by atoms with Crippen molar-refractivity contribution in [2.75, 3.05) is 27.2 Å². The highest BCUT2D eigenvalue weighted by Gasteiger charge is 2.62. The van der Waals surface area contributed by atoms with Gasteiger partial charge >= 0.3 is 0 Å². The van der Waals surface area contributed by atoms with Crippen LogP contribution in [0.25, 0.3) is 0 Å². The van der Waals surface area contributed by atoms with Crippen LogP contribution in [0.4, 0.5) is 0 Å². The van der Waals surface area contributed by atoms with Crippen molar-refractivity contribution in [2.45, 2.75) is 52.4 Å². The molecule has 0 radical (unpaired) electrons. The number of nitrogens with one attached hydrogen (secondary N) is 1. The zero-order valence-electron chi connectivity index (χ0n) is 14.0. The quantitative estimate of drug-likeness (QED) is 0.770. The van der Waals surface area contributed by atoms with Gasteiger partial charge in [0, 0.05) is 13.1 Å². The predicted octanol–water partition coefficient (Wildman–Crippen LogP) is -0.335. The van der Waals surface area contributed by atoms with Gasteiger partial charge in [-0.3, -0.25) is 4.79 Å². The molecule has 0 aliphatic heterocycles. The summed E-state index contributed by atoms with van der Waals surface area (Å²) in [4.78, 5) is 15.0. The summed E-state index contributed by atoms with van der Waals surface area (Å²) < 4.78 is 0. The van der Waals surface area contributed by atoms with Crippen molar-refractivity contribution >= 4 is 5.91 Å². The maximum absolute atomic E-state index is 12.8. The second-order valence-corrected chi connectivity index (χ2v) is 8.97. The Hall–Kier alpha value is -0.280. The fraction of sp³-hybridized carbons (Fsp3) is 0.941. The Kier molecular flexibility index (Phi) is 4.41. The summed E-state index contributed by atoms with van der Waals surface area (Å²) >= 11 is 0. The minimum Gasteiger partial charge on any atom is -1.00 e. The lowest BCUT2D eigenvalue weighted by Gasteiger charge is -2.64. The smallest absolute Gasteiger partial charge is 0.226 e. The molecule has 2 unspecified atom stereocenters. The van der Waals surface area contributed by atoms with Gasteiger partial charge in [-0.05, 0) is 69.4 Å². The van der Waals surface area contributed by atoms with Gasteiger partial charge in [0.05, 0.1) is 5.41 Å². The van der Waals surface area contributed by atoms with E-state index in [9.17, 15) is 4.79 Å². The van der Waals surface area contributed by atoms with E-state index in [1.165, 1.54) is 19.3 Å². The van der Waals surface area contributed by atoms with Crippen LogP contribution in [0.1, 0.15) is 52.4 Å². The van der Waals surface area contributed by atoms with Gasteiger partial charge in [0.1, 0.15) is 0 Å². The lowest BCUT2D eigenvalue weighted by atomic mass is 9.40. The van der Waals surface area contributed by atoms with Crippen LogP contribution in [0.3, 0.4) is 0 Å². The summed E-state index contributed by atoms with van der Waals surface area (Å²) in [5, 5.41) is 3.22. The van der Waals surface area contributed by atoms with Crippen molar-refractivity contribution in [1.29, 1.82) is 0 Å². The van der Waals surface area contributed by atoms with Crippen LogP contribution in [-0.4, -0.2) is 38.0 Å². The number of carbonyl (C=O) groups is 1. The molecule has 4 heteroatoms. The summed E-state index contributed by atoms with van der Waals surface area (Å²) in [6.07, 6.45) is 7.44. The molecule has 122 valence electrons. The molecule has 1 N–H and O–H groups in total. The Bertz CT molecular complexity index is 405. The average Bonchev–Trinajstić information content (AvgIpc) is 2.22. The van der Waals surface area contributed by atoms with E-state index in [0.29, 0.717) is 16.7 Å². The molecule has 0 aromatic rings. The molecular formula is C17H30ClN2O-. The largest absolute Gasteiger partial charge is 1.00 e. The number of nitrogens with zero attached hydrogens (tertiary/aromatic N) is 1. The Morgan fingerprint density at radius 3 is 2.14 bits per heavy atom. The number of hydrogen-bond donors (Lipinski definition) is 1. The normalized spacial score (nSPS) is 43.8. The molecule has 0 spiro atoms. The first kappa shape index (κ1) is 17.1. The minimum absolute atomic E-state index is 0. The monoisotopic (exact) mass is 313 g/mol. The molecule has 4 saturated carbocycles. The first-order valence-electron chi connectivity index (χ1n) is 8.18. The van der Waals surface area contributed by atoms with E-state index >= 15 is 0 Å². The van der Waals surface area contributed by atoms with Gasteiger partial charge < -0.3 is 22.6 Å². The molecule has 0 saturated heterocycles. The number of likely N-dealkylation sites (N-methyl/N-ethyl adjacent to an activating group) is 1. The molecule has 4 rings (SSSR count). The first-order valence-corrected chi connectivity index (χ1v) is 8.18. The van der Waals surface area contributed by atoms with Crippen LogP contribution < -0.4 is 17.7 Å². The van der Waals surface area contributed by atoms with Crippen molar-refractivity contribution in [3.05, 3.63) is 0 Å². The number of halogens is 1. The van der Waals surface area contributed by atoms with Crippen LogP contribution in [0, 0.1) is 22.2 Å². The standard InChI is InChI=1S/C17H30N2O.ClH/c1-15-7-13-8-16(2,10-15)12-17(9-13,11-15)14(20)18-5-6-19(3)4;/h13H,5-12H2,1-4H3,(H,18,20);1H/p-1. The molecule has 3 nitrogen and oxygen atoms in total. The first-order chi connectivity index (χ1) is 9.24. The number of hydrogen-bond acceptors (Lipinski definition) is 2. The van der Waals surface area contributed by atoms with Gasteiger partial charge in [0.25, 0.3) is 0 Å². The third kappa shape index (κ3) is 3.10. The lowest BCUT2D eigenvalue weighted by Crippen LogP contribution is -3.00. The zero-order valence-corrected chi connectivity index (χ0v) is 14.7. The summed E-state index contributed by atoms with van der Waals surface area (Å²) in [6, 6.07) is 0. The van der Waals surface area contributed by atoms with E-state index in [2.05, 4.69) is 38.2 Å². The highest BCUT2D eigenvalue weighted by atomic mass is 35.5. The molecule has 1 amide bonds. The van der Waals surface area contributed by atoms with E-state index < -0.39 is 0 Å². The van der Waals surface area contributed by atoms with E-state index in [1.54, 1.807) is 0 Å². The number of rotatable bonds is 4. The molecule has 4 bridgehead atoms. The molecule has 4 aliphatic carbocycles. The van der Waals surface area contributed by atoms with E-state index in [4.69, 9.17) is 0 Å². The molecule has 0 aromatic carbocycles. The topological polar surface area (TPSA) is 32.3 Å². The second kappa shape index (κ2) is 5.42. The maximum Gasteiger partial charge on any atom is 0.226 e. The Balaban J connectivity index is 0.00000161. The van der Waals surface area contributed by atoms with E-state index in [1.807, 2.05) is 0 Å². The summed E-state index contributed by atoms with van der Waals surface area (Å²) in [5.41, 5.74) is 0.801. The van der Waals surface area contributed by atoms with Gasteiger partial charge in [0.2, 0.25) is 5.91 Å². The van der Waals surface area contributed by atoms with Crippen molar-refractivity contribution in [2.24, 2.45) is 22.2 Å². The molecule has 0 heterocycles. The molecule has 0 aromatic heterocycles. The van der Waals surface area contributed by atoms with Crippen LogP contribution in [0.5, 0.6) is 0 Å². The fourth-order valence-electron chi connectivity index (χ4n) is 6.28. The molecular weight excluding hydrogens is 284 g/mol. The third-order valence-electron chi connectivity index (χ3n) is 5.95. The Morgan fingerprint density at radius 2 is 1.67 bits per heavy atom. The van der Waals surface area contributed by atoms with Crippen molar-refractivity contribution in [3.8, 4) is 0 Å². The second-order valence-electron chi connectivity index (χ2n) is 8.97. The highest BCUT2D eigenvalue weighted by molar-refractivity contribution is 5.83. The minimum atomic E-state index is -0.0464. The fourth-order valence-corrected chi connectivity index (χ4v) is 6.28. The van der Waals surface area contributed by atoms with Gasteiger partial charge in [0.15, 0.2) is 0 Å². The van der Waals surface area contributed by atoms with Gasteiger partial charge in [-0.2, -0.15) is 0 Å². The molecule has 4 aliphatic rings. The SMILES string of the molecule is CN(C)CCNC(=O)C12CC3CC(C)(CC(C)(C3)C1)C2.[Cl-]. The van der Waals surface area contributed by atoms with Gasteiger partial charge in [-0.1, -0.05) is 13.8 Å². The third-order valence-corrected chi connectivity index (χ3v) is 5.95. The lowest BCUT2D eigenvalue weighted by molar-refractivity contribution is -0.170. The predicted molar refractivity (Wildman–Crippen MR) is 81.4 cm³/mol. The van der Waals surface area contributed by atoms with Crippen molar-refractivity contribution in [3.63, 3.8) is 0 Å². The van der Waals surface area contributed by atoms with Crippen molar-refractivity contribution in [1.82, 2.24) is 10.2 Å². The van der Waals surface area contributed by atoms with Crippen LogP contribution in [0.2, 0.25) is 0 Å². The maximum atomic E-state index is 12.8. The zero-order chi connectivity index (χ0) is 14.6. The van der Waals surface area contributed by atoms with Crippen LogP contribution in [-0.2, 0) is 4.79 Å². The summed E-state index contributed by atoms with van der Waals surface area (Å²) in [7, 11) is 4.11. The van der Waals surface area contributed by atoms with Gasteiger partial charge in [-0.25, -0.2) is 0 Å². The highest BCUT2D eigenvalue weighted by Crippen LogP contribution is 2.69. The number of amides is 1. The molecule has 4 fully saturated rings. The average molecular weight is 314 g/mol. The van der Waals surface area contributed by atoms with E-state index in [0.717, 1.165) is 38.3 Å². The summed E-state index contributed by atoms with van der Waals surface area (Å²) in [5.74, 6) is 1.14. The Labute approximate surface area is 135 Å². The van der Waals surface area contributed by atoms with Gasteiger partial charge in [-0.15, -0.1) is 0 Å². The summed E-state index contributed by atoms with van der Waals surface area (Å²) in [6.45, 7) is 6.57. The van der Waals surface area contributed by atoms with E-state index in [-0.39, 0.29) is 17.8 Å². The molecule has 2 atom stereocenters. The number of carbonyl (C=O) groups excluding carboxylic acids is 1. The van der Waals surface area contributed by atoms with Crippen LogP contribution in [0.15, 0.2) is 0 Å². The molecule has 21 heavy (non-hydrogen) atoms. The Morgan fingerprint density at radius 1 is 1.10 bits per heavy atom.